The predicted molar refractivity (Wildman–Crippen MR) is 47.0 cm³/mol. The van der Waals surface area contributed by atoms with Crippen LogP contribution >= 0.6 is 0 Å². The maximum absolute atomic E-state index is 10.5. The van der Waals surface area contributed by atoms with E-state index in [1.165, 1.54) is 0 Å². The van der Waals surface area contributed by atoms with E-state index in [-0.39, 0.29) is 12.5 Å². The van der Waals surface area contributed by atoms with Crippen LogP contribution in [0.2, 0.25) is 0 Å². The van der Waals surface area contributed by atoms with Crippen LogP contribution in [0.25, 0.3) is 0 Å². The number of unbranched alkanes of at least 4 members (excludes halogenated alkanes) is 2. The lowest BCUT2D eigenvalue weighted by Crippen LogP contribution is -2.12. The topological polar surface area (TPSA) is 57.5 Å². The van der Waals surface area contributed by atoms with Crippen molar-refractivity contribution >= 4 is 5.97 Å². The molecule has 0 saturated heterocycles. The maximum atomic E-state index is 10.5. The fourth-order valence-corrected chi connectivity index (χ4v) is 1.18. The number of carboxylic acids is 1. The summed E-state index contributed by atoms with van der Waals surface area (Å²) >= 11 is 0. The quantitative estimate of drug-likeness (QED) is 0.577. The number of rotatable bonds is 7. The fourth-order valence-electron chi connectivity index (χ4n) is 1.18. The van der Waals surface area contributed by atoms with Crippen molar-refractivity contribution in [1.82, 2.24) is 0 Å². The summed E-state index contributed by atoms with van der Waals surface area (Å²) in [6, 6.07) is 0. The third-order valence-corrected chi connectivity index (χ3v) is 2.05. The van der Waals surface area contributed by atoms with Crippen LogP contribution in [0, 0.1) is 5.92 Å². The number of aliphatic hydroxyl groups excluding tert-OH is 1. The molecule has 0 spiro atoms. The van der Waals surface area contributed by atoms with Crippen molar-refractivity contribution in [3.05, 3.63) is 0 Å². The minimum Gasteiger partial charge on any atom is -0.481 e. The standard InChI is InChI=1S/C9H18O3/c1-2-8(9(11)12)6-4-3-5-7-10/h8,10H,2-7H2,1H3,(H,11,12). The Balaban J connectivity index is 3.38. The number of hydrogen-bond acceptors (Lipinski definition) is 2. The monoisotopic (exact) mass is 174 g/mol. The first-order valence-electron chi connectivity index (χ1n) is 4.56. The van der Waals surface area contributed by atoms with Gasteiger partial charge in [-0.25, -0.2) is 0 Å². The normalized spacial score (nSPS) is 12.8. The largest absolute Gasteiger partial charge is 0.481 e. The lowest BCUT2D eigenvalue weighted by Gasteiger charge is -2.07. The Bertz CT molecular complexity index is 123. The summed E-state index contributed by atoms with van der Waals surface area (Å²) in [4.78, 5) is 10.5. The number of carbonyl (C=O) groups is 1. The van der Waals surface area contributed by atoms with Gasteiger partial charge in [0.1, 0.15) is 0 Å². The molecule has 1 unspecified atom stereocenters. The highest BCUT2D eigenvalue weighted by Gasteiger charge is 2.13. The zero-order chi connectivity index (χ0) is 9.40. The van der Waals surface area contributed by atoms with Gasteiger partial charge in [0.2, 0.25) is 0 Å². The average Bonchev–Trinajstić information content (AvgIpc) is 2.04. The summed E-state index contributed by atoms with van der Waals surface area (Å²) in [6.45, 7) is 2.11. The van der Waals surface area contributed by atoms with Gasteiger partial charge in [-0.15, -0.1) is 0 Å². The first-order chi connectivity index (χ1) is 5.72. The van der Waals surface area contributed by atoms with Crippen LogP contribution in [0.5, 0.6) is 0 Å². The molecule has 3 heteroatoms. The van der Waals surface area contributed by atoms with Crippen molar-refractivity contribution in [2.75, 3.05) is 6.61 Å². The molecule has 0 aliphatic rings. The number of hydrogen-bond donors (Lipinski definition) is 2. The Kier molecular flexibility index (Phi) is 6.76. The Morgan fingerprint density at radius 1 is 1.33 bits per heavy atom. The summed E-state index contributed by atoms with van der Waals surface area (Å²) in [5.41, 5.74) is 0. The molecule has 0 bridgehead atoms. The Morgan fingerprint density at radius 3 is 2.42 bits per heavy atom. The molecule has 12 heavy (non-hydrogen) atoms. The van der Waals surface area contributed by atoms with Crippen LogP contribution in [0.4, 0.5) is 0 Å². The molecule has 1 atom stereocenters. The van der Waals surface area contributed by atoms with E-state index in [9.17, 15) is 4.79 Å². The molecule has 0 aliphatic carbocycles. The van der Waals surface area contributed by atoms with Gasteiger partial charge in [0, 0.05) is 6.61 Å². The Hall–Kier alpha value is -0.570. The predicted octanol–water partition coefficient (Wildman–Crippen LogP) is 1.65. The zero-order valence-electron chi connectivity index (χ0n) is 7.62. The summed E-state index contributed by atoms with van der Waals surface area (Å²) in [7, 11) is 0. The second-order valence-corrected chi connectivity index (χ2v) is 3.02. The zero-order valence-corrected chi connectivity index (χ0v) is 7.62. The molecule has 0 aromatic rings. The SMILES string of the molecule is CCC(CCCCCO)C(=O)O. The minimum absolute atomic E-state index is 0.191. The Labute approximate surface area is 73.4 Å². The fraction of sp³-hybridized carbons (Fsp3) is 0.889. The summed E-state index contributed by atoms with van der Waals surface area (Å²) in [6.07, 6.45) is 4.07. The molecule has 0 aromatic carbocycles. The van der Waals surface area contributed by atoms with Gasteiger partial charge < -0.3 is 10.2 Å². The number of carboxylic acid groups (broad SMARTS) is 1. The molecular weight excluding hydrogens is 156 g/mol. The minimum atomic E-state index is -0.693. The van der Waals surface area contributed by atoms with Gasteiger partial charge in [0.05, 0.1) is 5.92 Å². The molecule has 2 N–H and O–H groups in total. The molecule has 0 fully saturated rings. The van der Waals surface area contributed by atoms with E-state index in [0.717, 1.165) is 25.7 Å². The van der Waals surface area contributed by atoms with Gasteiger partial charge in [-0.05, 0) is 19.3 Å². The first kappa shape index (κ1) is 11.4. The van der Waals surface area contributed by atoms with E-state index in [4.69, 9.17) is 10.2 Å². The van der Waals surface area contributed by atoms with Crippen molar-refractivity contribution in [3.63, 3.8) is 0 Å². The van der Waals surface area contributed by atoms with Crippen molar-refractivity contribution in [3.8, 4) is 0 Å². The smallest absolute Gasteiger partial charge is 0.306 e. The molecule has 0 radical (unpaired) electrons. The second-order valence-electron chi connectivity index (χ2n) is 3.02. The molecule has 0 rings (SSSR count). The molecule has 0 amide bonds. The van der Waals surface area contributed by atoms with Crippen LogP contribution in [0.3, 0.4) is 0 Å². The lowest BCUT2D eigenvalue weighted by atomic mass is 9.99. The maximum Gasteiger partial charge on any atom is 0.306 e. The molecule has 0 aliphatic heterocycles. The van der Waals surface area contributed by atoms with Crippen LogP contribution in [-0.2, 0) is 4.79 Å². The lowest BCUT2D eigenvalue weighted by molar-refractivity contribution is -0.142. The average molecular weight is 174 g/mol. The van der Waals surface area contributed by atoms with Crippen molar-refractivity contribution < 1.29 is 15.0 Å². The van der Waals surface area contributed by atoms with Gasteiger partial charge >= 0.3 is 5.97 Å². The summed E-state index contributed by atoms with van der Waals surface area (Å²) < 4.78 is 0. The molecule has 0 aromatic heterocycles. The van der Waals surface area contributed by atoms with Crippen LogP contribution < -0.4 is 0 Å². The van der Waals surface area contributed by atoms with E-state index >= 15 is 0 Å². The summed E-state index contributed by atoms with van der Waals surface area (Å²) in [5.74, 6) is -0.884. The van der Waals surface area contributed by atoms with Gasteiger partial charge in [-0.1, -0.05) is 19.8 Å². The molecule has 72 valence electrons. The first-order valence-corrected chi connectivity index (χ1v) is 4.56. The van der Waals surface area contributed by atoms with Crippen LogP contribution in [-0.4, -0.2) is 22.8 Å². The van der Waals surface area contributed by atoms with Gasteiger partial charge in [-0.2, -0.15) is 0 Å². The van der Waals surface area contributed by atoms with E-state index < -0.39 is 5.97 Å². The van der Waals surface area contributed by atoms with Gasteiger partial charge in [0.25, 0.3) is 0 Å². The summed E-state index contributed by atoms with van der Waals surface area (Å²) in [5, 5.41) is 17.2. The van der Waals surface area contributed by atoms with E-state index in [0.29, 0.717) is 6.42 Å². The van der Waals surface area contributed by atoms with Crippen LogP contribution in [0.15, 0.2) is 0 Å². The molecule has 0 heterocycles. The third-order valence-electron chi connectivity index (χ3n) is 2.05. The number of aliphatic hydroxyl groups is 1. The highest BCUT2D eigenvalue weighted by molar-refractivity contribution is 5.69. The molecular formula is C9H18O3. The number of aliphatic carboxylic acids is 1. The molecule has 0 saturated carbocycles. The Morgan fingerprint density at radius 2 is 2.00 bits per heavy atom. The van der Waals surface area contributed by atoms with Crippen molar-refractivity contribution in [2.24, 2.45) is 5.92 Å². The van der Waals surface area contributed by atoms with E-state index in [2.05, 4.69) is 0 Å². The third kappa shape index (κ3) is 5.13. The van der Waals surface area contributed by atoms with E-state index in [1.54, 1.807) is 0 Å². The van der Waals surface area contributed by atoms with E-state index in [1.807, 2.05) is 6.92 Å². The van der Waals surface area contributed by atoms with Gasteiger partial charge in [-0.3, -0.25) is 4.79 Å². The molecule has 3 nitrogen and oxygen atoms in total. The van der Waals surface area contributed by atoms with Crippen LogP contribution in [0.1, 0.15) is 39.0 Å². The van der Waals surface area contributed by atoms with Crippen molar-refractivity contribution in [1.29, 1.82) is 0 Å². The van der Waals surface area contributed by atoms with Gasteiger partial charge in [0.15, 0.2) is 0 Å². The second kappa shape index (κ2) is 7.10. The highest BCUT2D eigenvalue weighted by Crippen LogP contribution is 2.13. The van der Waals surface area contributed by atoms with Crippen molar-refractivity contribution in [2.45, 2.75) is 39.0 Å². The highest BCUT2D eigenvalue weighted by atomic mass is 16.4.